The Morgan fingerprint density at radius 1 is 1.33 bits per heavy atom. The van der Waals surface area contributed by atoms with E-state index >= 15 is 0 Å². The highest BCUT2D eigenvalue weighted by atomic mass is 32.2. The van der Waals surface area contributed by atoms with E-state index in [0.717, 1.165) is 12.3 Å². The van der Waals surface area contributed by atoms with Gasteiger partial charge >= 0.3 is 0 Å². The fourth-order valence-corrected chi connectivity index (χ4v) is 1.89. The van der Waals surface area contributed by atoms with Gasteiger partial charge in [-0.25, -0.2) is 0 Å². The van der Waals surface area contributed by atoms with Crippen LogP contribution >= 0.6 is 11.8 Å². The van der Waals surface area contributed by atoms with Crippen LogP contribution in [0.3, 0.4) is 0 Å². The molecule has 0 radical (unpaired) electrons. The first kappa shape index (κ1) is 12.6. The zero-order chi connectivity index (χ0) is 11.1. The van der Waals surface area contributed by atoms with Gasteiger partial charge < -0.3 is 10.4 Å². The molecule has 3 heteroatoms. The molecule has 1 unspecified atom stereocenters. The number of rotatable bonds is 6. The van der Waals surface area contributed by atoms with Gasteiger partial charge in [-0.05, 0) is 30.4 Å². The molecule has 0 aliphatic carbocycles. The molecule has 0 heterocycles. The van der Waals surface area contributed by atoms with Crippen molar-refractivity contribution in [2.24, 2.45) is 0 Å². The number of aliphatic hydroxyl groups is 1. The van der Waals surface area contributed by atoms with Gasteiger partial charge in [0, 0.05) is 17.5 Å². The van der Waals surface area contributed by atoms with Crippen molar-refractivity contribution < 1.29 is 5.11 Å². The van der Waals surface area contributed by atoms with Crippen LogP contribution in [0.2, 0.25) is 0 Å². The molecule has 84 valence electrons. The Balaban J connectivity index is 2.42. The SMILES string of the molecule is CCSc1ccc(CNC(C)CO)cc1. The van der Waals surface area contributed by atoms with Gasteiger partial charge in [0.2, 0.25) is 0 Å². The highest BCUT2D eigenvalue weighted by Crippen LogP contribution is 2.17. The summed E-state index contributed by atoms with van der Waals surface area (Å²) in [6, 6.07) is 8.73. The summed E-state index contributed by atoms with van der Waals surface area (Å²) in [6.07, 6.45) is 0. The van der Waals surface area contributed by atoms with Crippen molar-refractivity contribution in [3.05, 3.63) is 29.8 Å². The molecule has 0 fully saturated rings. The third-order valence-electron chi connectivity index (χ3n) is 2.16. The van der Waals surface area contributed by atoms with Crippen LogP contribution in [0.5, 0.6) is 0 Å². The number of nitrogens with one attached hydrogen (secondary N) is 1. The van der Waals surface area contributed by atoms with Crippen molar-refractivity contribution in [1.82, 2.24) is 5.32 Å². The van der Waals surface area contributed by atoms with Crippen LogP contribution in [0.15, 0.2) is 29.2 Å². The molecule has 2 nitrogen and oxygen atoms in total. The van der Waals surface area contributed by atoms with E-state index in [1.807, 2.05) is 18.7 Å². The van der Waals surface area contributed by atoms with Gasteiger partial charge in [0.05, 0.1) is 6.61 Å². The second-order valence-electron chi connectivity index (χ2n) is 3.54. The number of hydrogen-bond donors (Lipinski definition) is 2. The Morgan fingerprint density at radius 2 is 2.00 bits per heavy atom. The largest absolute Gasteiger partial charge is 0.395 e. The summed E-state index contributed by atoms with van der Waals surface area (Å²) in [5.41, 5.74) is 1.26. The number of aliphatic hydroxyl groups excluding tert-OH is 1. The second kappa shape index (κ2) is 6.88. The molecule has 0 aromatic heterocycles. The smallest absolute Gasteiger partial charge is 0.0582 e. The first-order chi connectivity index (χ1) is 7.26. The zero-order valence-electron chi connectivity index (χ0n) is 9.36. The van der Waals surface area contributed by atoms with Crippen LogP contribution in [-0.4, -0.2) is 23.5 Å². The fraction of sp³-hybridized carbons (Fsp3) is 0.500. The van der Waals surface area contributed by atoms with Gasteiger partial charge in [0.15, 0.2) is 0 Å². The lowest BCUT2D eigenvalue weighted by molar-refractivity contribution is 0.251. The molecule has 15 heavy (non-hydrogen) atoms. The molecular weight excluding hydrogens is 206 g/mol. The minimum atomic E-state index is 0.162. The molecule has 0 spiro atoms. The Morgan fingerprint density at radius 3 is 2.53 bits per heavy atom. The molecule has 1 atom stereocenters. The number of hydrogen-bond acceptors (Lipinski definition) is 3. The Hall–Kier alpha value is -0.510. The maximum absolute atomic E-state index is 8.86. The maximum atomic E-state index is 8.86. The third kappa shape index (κ3) is 4.69. The Labute approximate surface area is 96.1 Å². The topological polar surface area (TPSA) is 32.3 Å². The number of benzene rings is 1. The molecule has 2 N–H and O–H groups in total. The van der Waals surface area contributed by atoms with E-state index in [1.54, 1.807) is 0 Å². The Bertz CT molecular complexity index is 273. The fourth-order valence-electron chi connectivity index (χ4n) is 1.23. The Kier molecular flexibility index (Phi) is 5.76. The molecule has 0 saturated heterocycles. The second-order valence-corrected chi connectivity index (χ2v) is 4.88. The van der Waals surface area contributed by atoms with Crippen LogP contribution in [0, 0.1) is 0 Å². The van der Waals surface area contributed by atoms with Gasteiger partial charge in [0.25, 0.3) is 0 Å². The van der Waals surface area contributed by atoms with Crippen LogP contribution in [0.4, 0.5) is 0 Å². The van der Waals surface area contributed by atoms with Crippen LogP contribution in [-0.2, 0) is 6.54 Å². The summed E-state index contributed by atoms with van der Waals surface area (Å²) in [6.45, 7) is 5.13. The molecule has 0 aliphatic heterocycles. The standard InChI is InChI=1S/C12H19NOS/c1-3-15-12-6-4-11(5-7-12)8-13-10(2)9-14/h4-7,10,13-14H,3,8-9H2,1-2H3. The maximum Gasteiger partial charge on any atom is 0.0582 e. The average molecular weight is 225 g/mol. The molecule has 0 aliphatic rings. The average Bonchev–Trinajstić information content (AvgIpc) is 2.28. The lowest BCUT2D eigenvalue weighted by Gasteiger charge is -2.10. The van der Waals surface area contributed by atoms with Crippen LogP contribution in [0.25, 0.3) is 0 Å². The molecule has 1 rings (SSSR count). The lowest BCUT2D eigenvalue weighted by Crippen LogP contribution is -2.28. The van der Waals surface area contributed by atoms with Crippen molar-refractivity contribution in [3.63, 3.8) is 0 Å². The van der Waals surface area contributed by atoms with Gasteiger partial charge in [-0.15, -0.1) is 11.8 Å². The normalized spacial score (nSPS) is 12.7. The van der Waals surface area contributed by atoms with E-state index in [2.05, 4.69) is 36.5 Å². The molecule has 0 saturated carbocycles. The summed E-state index contributed by atoms with van der Waals surface area (Å²) < 4.78 is 0. The first-order valence-corrected chi connectivity index (χ1v) is 6.30. The first-order valence-electron chi connectivity index (χ1n) is 5.32. The monoisotopic (exact) mass is 225 g/mol. The predicted molar refractivity (Wildman–Crippen MR) is 66.2 cm³/mol. The van der Waals surface area contributed by atoms with Crippen LogP contribution < -0.4 is 5.32 Å². The highest BCUT2D eigenvalue weighted by Gasteiger charge is 1.99. The summed E-state index contributed by atoms with van der Waals surface area (Å²) in [4.78, 5) is 1.32. The quantitative estimate of drug-likeness (QED) is 0.728. The van der Waals surface area contributed by atoms with Gasteiger partial charge in [0.1, 0.15) is 0 Å². The third-order valence-corrected chi connectivity index (χ3v) is 3.06. The summed E-state index contributed by atoms with van der Waals surface area (Å²) in [5, 5.41) is 12.1. The summed E-state index contributed by atoms with van der Waals surface area (Å²) >= 11 is 1.85. The van der Waals surface area contributed by atoms with E-state index in [-0.39, 0.29) is 12.6 Å². The van der Waals surface area contributed by atoms with E-state index in [4.69, 9.17) is 5.11 Å². The molecule has 1 aromatic carbocycles. The predicted octanol–water partition coefficient (Wildman–Crippen LogP) is 2.27. The minimum Gasteiger partial charge on any atom is -0.395 e. The van der Waals surface area contributed by atoms with Crippen molar-refractivity contribution in [3.8, 4) is 0 Å². The zero-order valence-corrected chi connectivity index (χ0v) is 10.2. The molecule has 1 aromatic rings. The van der Waals surface area contributed by atoms with E-state index < -0.39 is 0 Å². The van der Waals surface area contributed by atoms with E-state index in [1.165, 1.54) is 10.5 Å². The van der Waals surface area contributed by atoms with Crippen molar-refractivity contribution in [1.29, 1.82) is 0 Å². The van der Waals surface area contributed by atoms with E-state index in [0.29, 0.717) is 0 Å². The van der Waals surface area contributed by atoms with Crippen molar-refractivity contribution in [2.75, 3.05) is 12.4 Å². The van der Waals surface area contributed by atoms with Crippen molar-refractivity contribution >= 4 is 11.8 Å². The van der Waals surface area contributed by atoms with Gasteiger partial charge in [-0.2, -0.15) is 0 Å². The molecule has 0 amide bonds. The molecule has 0 bridgehead atoms. The highest BCUT2D eigenvalue weighted by molar-refractivity contribution is 7.99. The van der Waals surface area contributed by atoms with Gasteiger partial charge in [-0.1, -0.05) is 19.1 Å². The number of thioether (sulfide) groups is 1. The minimum absolute atomic E-state index is 0.162. The summed E-state index contributed by atoms with van der Waals surface area (Å²) in [5.74, 6) is 1.11. The van der Waals surface area contributed by atoms with E-state index in [9.17, 15) is 0 Å². The van der Waals surface area contributed by atoms with Gasteiger partial charge in [-0.3, -0.25) is 0 Å². The van der Waals surface area contributed by atoms with Crippen LogP contribution in [0.1, 0.15) is 19.4 Å². The van der Waals surface area contributed by atoms with Crippen molar-refractivity contribution in [2.45, 2.75) is 31.3 Å². The lowest BCUT2D eigenvalue weighted by atomic mass is 10.2. The molecular formula is C12H19NOS. The summed E-state index contributed by atoms with van der Waals surface area (Å²) in [7, 11) is 0.